The van der Waals surface area contributed by atoms with Crippen molar-refractivity contribution in [2.24, 2.45) is 0 Å². The molecular weight excluding hydrogens is 276 g/mol. The van der Waals surface area contributed by atoms with Crippen LogP contribution in [0.4, 0.5) is 0 Å². The Morgan fingerprint density at radius 2 is 1.90 bits per heavy atom. The number of hydrogen-bond acceptors (Lipinski definition) is 6. The van der Waals surface area contributed by atoms with Gasteiger partial charge >= 0.3 is 5.97 Å². The van der Waals surface area contributed by atoms with Gasteiger partial charge in [0.25, 0.3) is 0 Å². The molecular formula is C15H22O6. The normalized spacial score (nSPS) is 13.7. The SMILES string of the molecule is COCCOC(CCC(OC(C)=O)c1ccccc1)OO. The summed E-state index contributed by atoms with van der Waals surface area (Å²) in [5, 5.41) is 8.82. The predicted molar refractivity (Wildman–Crippen MR) is 75.5 cm³/mol. The number of methoxy groups -OCH3 is 1. The highest BCUT2D eigenvalue weighted by Gasteiger charge is 2.18. The molecule has 6 nitrogen and oxygen atoms in total. The Balaban J connectivity index is 2.54. The standard InChI is InChI=1S/C15H22O6/c1-12(16)20-14(13-6-4-3-5-7-13)8-9-15(21-17)19-11-10-18-2/h3-7,14-15,17H,8-11H2,1-2H3. The monoisotopic (exact) mass is 298 g/mol. The molecule has 0 bridgehead atoms. The van der Waals surface area contributed by atoms with E-state index >= 15 is 0 Å². The van der Waals surface area contributed by atoms with E-state index in [1.807, 2.05) is 30.3 Å². The highest BCUT2D eigenvalue weighted by Crippen LogP contribution is 2.24. The molecule has 0 aliphatic carbocycles. The summed E-state index contributed by atoms with van der Waals surface area (Å²) < 4.78 is 15.4. The minimum atomic E-state index is -0.776. The minimum absolute atomic E-state index is 0.311. The summed E-state index contributed by atoms with van der Waals surface area (Å²) in [5.41, 5.74) is 0.890. The number of rotatable bonds is 10. The van der Waals surface area contributed by atoms with Gasteiger partial charge in [0.05, 0.1) is 13.2 Å². The van der Waals surface area contributed by atoms with Crippen LogP contribution in [0.5, 0.6) is 0 Å². The van der Waals surface area contributed by atoms with Crippen molar-refractivity contribution in [2.45, 2.75) is 32.2 Å². The summed E-state index contributed by atoms with van der Waals surface area (Å²) in [4.78, 5) is 15.5. The first kappa shape index (κ1) is 17.6. The van der Waals surface area contributed by atoms with E-state index in [9.17, 15) is 4.79 Å². The first-order chi connectivity index (χ1) is 10.2. The molecule has 6 heteroatoms. The van der Waals surface area contributed by atoms with Gasteiger partial charge in [-0.1, -0.05) is 30.3 Å². The second-order valence-corrected chi connectivity index (χ2v) is 4.48. The van der Waals surface area contributed by atoms with Gasteiger partial charge in [-0.05, 0) is 12.0 Å². The van der Waals surface area contributed by atoms with Crippen LogP contribution in [0.15, 0.2) is 30.3 Å². The van der Waals surface area contributed by atoms with E-state index in [1.165, 1.54) is 6.92 Å². The Morgan fingerprint density at radius 3 is 2.48 bits per heavy atom. The molecule has 1 N–H and O–H groups in total. The number of carbonyl (C=O) groups excluding carboxylic acids is 1. The third-order valence-corrected chi connectivity index (χ3v) is 2.85. The molecule has 0 amide bonds. The number of carbonyl (C=O) groups is 1. The van der Waals surface area contributed by atoms with Crippen LogP contribution in [0.25, 0.3) is 0 Å². The lowest BCUT2D eigenvalue weighted by Gasteiger charge is -2.20. The van der Waals surface area contributed by atoms with E-state index in [-0.39, 0.29) is 5.97 Å². The molecule has 1 aromatic rings. The predicted octanol–water partition coefficient (Wildman–Crippen LogP) is 2.55. The van der Waals surface area contributed by atoms with Gasteiger partial charge in [-0.2, -0.15) is 0 Å². The Morgan fingerprint density at radius 1 is 1.19 bits per heavy atom. The van der Waals surface area contributed by atoms with Crippen molar-refractivity contribution >= 4 is 5.97 Å². The summed E-state index contributed by atoms with van der Waals surface area (Å²) in [5.74, 6) is -0.356. The minimum Gasteiger partial charge on any atom is -0.458 e. The summed E-state index contributed by atoms with van der Waals surface area (Å²) in [6.45, 7) is 2.09. The van der Waals surface area contributed by atoms with Crippen molar-refractivity contribution < 1.29 is 29.1 Å². The number of hydrogen-bond donors (Lipinski definition) is 1. The van der Waals surface area contributed by atoms with Gasteiger partial charge in [0, 0.05) is 20.5 Å². The lowest BCUT2D eigenvalue weighted by molar-refractivity contribution is -0.348. The van der Waals surface area contributed by atoms with Crippen molar-refractivity contribution in [1.29, 1.82) is 0 Å². The molecule has 0 aliphatic rings. The summed E-state index contributed by atoms with van der Waals surface area (Å²) in [6.07, 6.45) is -0.316. The largest absolute Gasteiger partial charge is 0.458 e. The quantitative estimate of drug-likeness (QED) is 0.235. The molecule has 0 spiro atoms. The van der Waals surface area contributed by atoms with E-state index < -0.39 is 12.4 Å². The molecule has 2 atom stereocenters. The zero-order valence-electron chi connectivity index (χ0n) is 12.4. The van der Waals surface area contributed by atoms with Gasteiger partial charge in [-0.15, -0.1) is 0 Å². The highest BCUT2D eigenvalue weighted by molar-refractivity contribution is 5.66. The smallest absolute Gasteiger partial charge is 0.303 e. The highest BCUT2D eigenvalue weighted by atomic mass is 17.1. The summed E-state index contributed by atoms with van der Waals surface area (Å²) in [7, 11) is 1.56. The first-order valence-corrected chi connectivity index (χ1v) is 6.80. The number of esters is 1. The van der Waals surface area contributed by atoms with Crippen LogP contribution in [-0.4, -0.2) is 37.8 Å². The first-order valence-electron chi connectivity index (χ1n) is 6.80. The van der Waals surface area contributed by atoms with Gasteiger partial charge in [0.2, 0.25) is 0 Å². The van der Waals surface area contributed by atoms with Crippen molar-refractivity contribution in [1.82, 2.24) is 0 Å². The fourth-order valence-corrected chi connectivity index (χ4v) is 1.88. The fraction of sp³-hybridized carbons (Fsp3) is 0.533. The number of benzene rings is 1. The van der Waals surface area contributed by atoms with Crippen molar-refractivity contribution in [3.8, 4) is 0 Å². The van der Waals surface area contributed by atoms with Crippen LogP contribution in [0, 0.1) is 0 Å². The average Bonchev–Trinajstić information content (AvgIpc) is 2.50. The maximum atomic E-state index is 11.2. The molecule has 0 saturated heterocycles. The maximum absolute atomic E-state index is 11.2. The molecule has 0 saturated carbocycles. The molecule has 2 unspecified atom stereocenters. The Labute approximate surface area is 124 Å². The zero-order valence-corrected chi connectivity index (χ0v) is 12.4. The molecule has 118 valence electrons. The van der Waals surface area contributed by atoms with Crippen LogP contribution in [-0.2, 0) is 23.9 Å². The van der Waals surface area contributed by atoms with E-state index in [0.29, 0.717) is 26.1 Å². The maximum Gasteiger partial charge on any atom is 0.303 e. The topological polar surface area (TPSA) is 74.2 Å². The van der Waals surface area contributed by atoms with Gasteiger partial charge in [-0.3, -0.25) is 4.79 Å². The van der Waals surface area contributed by atoms with Crippen LogP contribution >= 0.6 is 0 Å². The lowest BCUT2D eigenvalue weighted by atomic mass is 10.0. The van der Waals surface area contributed by atoms with E-state index in [2.05, 4.69) is 4.89 Å². The van der Waals surface area contributed by atoms with Crippen molar-refractivity contribution in [3.05, 3.63) is 35.9 Å². The average molecular weight is 298 g/mol. The molecule has 21 heavy (non-hydrogen) atoms. The van der Waals surface area contributed by atoms with Crippen molar-refractivity contribution in [3.63, 3.8) is 0 Å². The molecule has 0 aliphatic heterocycles. The summed E-state index contributed by atoms with van der Waals surface area (Å²) in [6, 6.07) is 9.41. The molecule has 1 rings (SSSR count). The van der Waals surface area contributed by atoms with E-state index in [0.717, 1.165) is 5.56 Å². The Kier molecular flexibility index (Phi) is 8.61. The number of ether oxygens (including phenoxy) is 3. The van der Waals surface area contributed by atoms with Crippen molar-refractivity contribution in [2.75, 3.05) is 20.3 Å². The third kappa shape index (κ3) is 7.19. The van der Waals surface area contributed by atoms with Gasteiger partial charge in [0.1, 0.15) is 6.10 Å². The molecule has 0 heterocycles. The van der Waals surface area contributed by atoms with Gasteiger partial charge in [0.15, 0.2) is 6.29 Å². The molecule has 0 radical (unpaired) electrons. The molecule has 0 aromatic heterocycles. The fourth-order valence-electron chi connectivity index (χ4n) is 1.88. The Bertz CT molecular complexity index is 394. The third-order valence-electron chi connectivity index (χ3n) is 2.85. The zero-order chi connectivity index (χ0) is 15.5. The summed E-state index contributed by atoms with van der Waals surface area (Å²) >= 11 is 0. The van der Waals surface area contributed by atoms with Crippen LogP contribution < -0.4 is 0 Å². The van der Waals surface area contributed by atoms with Crippen LogP contribution in [0.2, 0.25) is 0 Å². The van der Waals surface area contributed by atoms with Crippen LogP contribution in [0.3, 0.4) is 0 Å². The van der Waals surface area contributed by atoms with Gasteiger partial charge < -0.3 is 14.2 Å². The lowest BCUT2D eigenvalue weighted by Crippen LogP contribution is -2.20. The van der Waals surface area contributed by atoms with Gasteiger partial charge in [-0.25, -0.2) is 10.1 Å². The van der Waals surface area contributed by atoms with Crippen LogP contribution in [0.1, 0.15) is 31.4 Å². The molecule has 1 aromatic carbocycles. The van der Waals surface area contributed by atoms with E-state index in [1.54, 1.807) is 7.11 Å². The van der Waals surface area contributed by atoms with E-state index in [4.69, 9.17) is 19.5 Å². The second kappa shape index (κ2) is 10.3. The Hall–Kier alpha value is -1.47. The molecule has 0 fully saturated rings. The second-order valence-electron chi connectivity index (χ2n) is 4.48.